The van der Waals surface area contributed by atoms with Crippen molar-refractivity contribution in [3.05, 3.63) is 53.6 Å². The summed E-state index contributed by atoms with van der Waals surface area (Å²) in [6.07, 6.45) is 4.35. The molecule has 134 valence electrons. The van der Waals surface area contributed by atoms with Gasteiger partial charge in [0.25, 0.3) is 0 Å². The van der Waals surface area contributed by atoms with Gasteiger partial charge in [-0.25, -0.2) is 8.78 Å². The second kappa shape index (κ2) is 7.93. The van der Waals surface area contributed by atoms with Crippen molar-refractivity contribution in [3.63, 3.8) is 0 Å². The van der Waals surface area contributed by atoms with Gasteiger partial charge in [-0.1, -0.05) is 40.8 Å². The number of benzene rings is 2. The first kappa shape index (κ1) is 18.5. The third-order valence-corrected chi connectivity index (χ3v) is 5.83. The van der Waals surface area contributed by atoms with E-state index in [2.05, 4.69) is 27.3 Å². The van der Waals surface area contributed by atoms with Crippen LogP contribution in [0.15, 0.2) is 36.4 Å². The Balaban J connectivity index is 1.82. The Morgan fingerprint density at radius 1 is 0.920 bits per heavy atom. The van der Waals surface area contributed by atoms with Gasteiger partial charge < -0.3 is 4.74 Å². The van der Waals surface area contributed by atoms with Gasteiger partial charge in [-0.2, -0.15) is 8.78 Å². The lowest BCUT2D eigenvalue weighted by atomic mass is 9.83. The third-order valence-electron chi connectivity index (χ3n) is 4.58. The molecule has 0 N–H and O–H groups in total. The van der Waals surface area contributed by atoms with Crippen molar-refractivity contribution in [1.82, 2.24) is 0 Å². The van der Waals surface area contributed by atoms with Crippen LogP contribution in [0.1, 0.15) is 37.2 Å². The maximum absolute atomic E-state index is 14.5. The van der Waals surface area contributed by atoms with Crippen LogP contribution in [0.5, 0.6) is 5.75 Å². The van der Waals surface area contributed by atoms with E-state index in [1.165, 1.54) is 12.1 Å². The smallest absolute Gasteiger partial charge is 0.387 e. The van der Waals surface area contributed by atoms with E-state index in [0.29, 0.717) is 15.4 Å². The van der Waals surface area contributed by atoms with Crippen LogP contribution in [0.3, 0.4) is 0 Å². The molecule has 2 aromatic rings. The number of hydrogen-bond donors (Lipinski definition) is 0. The average Bonchev–Trinajstić information content (AvgIpc) is 2.57. The van der Waals surface area contributed by atoms with Crippen LogP contribution in [0.25, 0.3) is 11.1 Å². The highest BCUT2D eigenvalue weighted by Gasteiger charge is 2.21. The molecule has 1 nitrogen and oxygen atoms in total. The number of rotatable bonds is 4. The quantitative estimate of drug-likeness (QED) is 0.278. The zero-order valence-corrected chi connectivity index (χ0v) is 15.5. The molecule has 6 heteroatoms. The molecule has 1 aliphatic rings. The minimum Gasteiger partial charge on any atom is -0.432 e. The van der Waals surface area contributed by atoms with Crippen molar-refractivity contribution in [2.45, 2.75) is 42.1 Å². The Hall–Kier alpha value is -1.31. The van der Waals surface area contributed by atoms with Crippen molar-refractivity contribution in [2.75, 3.05) is 0 Å². The van der Waals surface area contributed by atoms with Crippen LogP contribution in [-0.4, -0.2) is 10.5 Å². The molecule has 1 fully saturated rings. The summed E-state index contributed by atoms with van der Waals surface area (Å²) in [4.78, 5) is 0. The summed E-state index contributed by atoms with van der Waals surface area (Å²) >= 11 is 2.45. The molecule has 0 amide bonds. The fourth-order valence-corrected chi connectivity index (χ4v) is 3.98. The summed E-state index contributed by atoms with van der Waals surface area (Å²) in [5, 5.41) is 0. The highest BCUT2D eigenvalue weighted by atomic mass is 127. The summed E-state index contributed by atoms with van der Waals surface area (Å²) in [5.41, 5.74) is 1.50. The van der Waals surface area contributed by atoms with Crippen molar-refractivity contribution in [3.8, 4) is 16.9 Å². The molecule has 0 atom stereocenters. The Labute approximate surface area is 157 Å². The molecule has 0 spiro atoms. The summed E-state index contributed by atoms with van der Waals surface area (Å²) in [5.74, 6) is -1.57. The fraction of sp³-hybridized carbons (Fsp3) is 0.368. The summed E-state index contributed by atoms with van der Waals surface area (Å²) in [7, 11) is 0. The van der Waals surface area contributed by atoms with Crippen LogP contribution in [0.4, 0.5) is 17.6 Å². The zero-order chi connectivity index (χ0) is 18.0. The molecule has 0 heterocycles. The van der Waals surface area contributed by atoms with Gasteiger partial charge in [-0.15, -0.1) is 0 Å². The molecule has 0 saturated heterocycles. The number of alkyl halides is 3. The maximum Gasteiger partial charge on any atom is 0.387 e. The van der Waals surface area contributed by atoms with Gasteiger partial charge in [0.05, 0.1) is 0 Å². The zero-order valence-electron chi connectivity index (χ0n) is 13.3. The lowest BCUT2D eigenvalue weighted by Crippen LogP contribution is -2.12. The molecule has 2 aromatic carbocycles. The Morgan fingerprint density at radius 3 is 2.24 bits per heavy atom. The van der Waals surface area contributed by atoms with E-state index in [-0.39, 0.29) is 5.56 Å². The molecule has 0 aromatic heterocycles. The van der Waals surface area contributed by atoms with E-state index < -0.39 is 24.0 Å². The van der Waals surface area contributed by atoms with Gasteiger partial charge >= 0.3 is 6.61 Å². The number of ether oxygens (including phenoxy) is 1. The largest absolute Gasteiger partial charge is 0.432 e. The van der Waals surface area contributed by atoms with Crippen LogP contribution < -0.4 is 4.74 Å². The lowest BCUT2D eigenvalue weighted by Gasteiger charge is -2.25. The van der Waals surface area contributed by atoms with E-state index in [0.717, 1.165) is 43.4 Å². The van der Waals surface area contributed by atoms with Gasteiger partial charge in [0, 0.05) is 9.49 Å². The molecule has 0 aliphatic heterocycles. The average molecular weight is 464 g/mol. The molecule has 3 rings (SSSR count). The van der Waals surface area contributed by atoms with Crippen LogP contribution >= 0.6 is 22.6 Å². The van der Waals surface area contributed by atoms with Gasteiger partial charge in [-0.05, 0) is 60.9 Å². The minimum atomic E-state index is -3.10. The molecular weight excluding hydrogens is 447 g/mol. The SMILES string of the molecule is Fc1cc(-c2ccc(C3CCC(I)CC3)cc2F)ccc1OC(F)F. The predicted molar refractivity (Wildman–Crippen MR) is 97.4 cm³/mol. The van der Waals surface area contributed by atoms with E-state index in [1.807, 2.05) is 6.07 Å². The summed E-state index contributed by atoms with van der Waals surface area (Å²) < 4.78 is 57.5. The first-order chi connectivity index (χ1) is 11.9. The van der Waals surface area contributed by atoms with Crippen molar-refractivity contribution in [2.24, 2.45) is 0 Å². The molecule has 0 radical (unpaired) electrons. The number of halogens is 5. The Bertz CT molecular complexity index is 742. The summed E-state index contributed by atoms with van der Waals surface area (Å²) in [6, 6.07) is 8.49. The maximum atomic E-state index is 14.5. The van der Waals surface area contributed by atoms with Gasteiger partial charge in [0.1, 0.15) is 5.82 Å². The first-order valence-electron chi connectivity index (χ1n) is 8.12. The van der Waals surface area contributed by atoms with Crippen LogP contribution in [0, 0.1) is 11.6 Å². The third kappa shape index (κ3) is 4.46. The number of hydrogen-bond acceptors (Lipinski definition) is 1. The normalized spacial score (nSPS) is 20.7. The molecule has 0 unspecified atom stereocenters. The first-order valence-corrected chi connectivity index (χ1v) is 9.37. The Morgan fingerprint density at radius 2 is 1.64 bits per heavy atom. The van der Waals surface area contributed by atoms with E-state index >= 15 is 0 Å². The molecule has 0 bridgehead atoms. The second-order valence-electron chi connectivity index (χ2n) is 6.21. The summed E-state index contributed by atoms with van der Waals surface area (Å²) in [6.45, 7) is -3.10. The minimum absolute atomic E-state index is 0.244. The molecule has 25 heavy (non-hydrogen) atoms. The van der Waals surface area contributed by atoms with Crippen molar-refractivity contribution >= 4 is 22.6 Å². The lowest BCUT2D eigenvalue weighted by molar-refractivity contribution is -0.0521. The topological polar surface area (TPSA) is 9.23 Å². The Kier molecular flexibility index (Phi) is 5.86. The molecule has 1 aliphatic carbocycles. The molecule has 1 saturated carbocycles. The van der Waals surface area contributed by atoms with E-state index in [4.69, 9.17) is 0 Å². The van der Waals surface area contributed by atoms with Gasteiger partial charge in [-0.3, -0.25) is 0 Å². The fourth-order valence-electron chi connectivity index (χ4n) is 3.27. The van der Waals surface area contributed by atoms with Crippen LogP contribution in [0.2, 0.25) is 0 Å². The second-order valence-corrected chi connectivity index (χ2v) is 7.97. The van der Waals surface area contributed by atoms with Gasteiger partial charge in [0.15, 0.2) is 11.6 Å². The highest BCUT2D eigenvalue weighted by molar-refractivity contribution is 14.1. The standard InChI is InChI=1S/C19H17F4IO/c20-16-9-12(11-1-5-14(24)6-2-11)3-7-15(16)13-4-8-18(17(21)10-13)25-19(22)23/h3-4,7-11,14,19H,1-2,5-6H2. The van der Waals surface area contributed by atoms with E-state index in [1.54, 1.807) is 6.07 Å². The van der Waals surface area contributed by atoms with E-state index in [9.17, 15) is 17.6 Å². The van der Waals surface area contributed by atoms with Crippen molar-refractivity contribution in [1.29, 1.82) is 0 Å². The highest BCUT2D eigenvalue weighted by Crippen LogP contribution is 2.37. The van der Waals surface area contributed by atoms with Crippen molar-refractivity contribution < 1.29 is 22.3 Å². The van der Waals surface area contributed by atoms with Gasteiger partial charge in [0.2, 0.25) is 0 Å². The monoisotopic (exact) mass is 464 g/mol. The molecular formula is C19H17F4IO. The predicted octanol–water partition coefficient (Wildman–Crippen LogP) is 6.69. The van der Waals surface area contributed by atoms with Crippen LogP contribution in [-0.2, 0) is 0 Å².